The molecule has 1 aliphatic carbocycles. The first kappa shape index (κ1) is 12.9. The minimum Gasteiger partial charge on any atom is -0.480 e. The van der Waals surface area contributed by atoms with Gasteiger partial charge in [0.25, 0.3) is 0 Å². The predicted octanol–water partition coefficient (Wildman–Crippen LogP) is -0.0680. The summed E-state index contributed by atoms with van der Waals surface area (Å²) < 4.78 is 0. The molecule has 1 N–H and O–H groups in total. The van der Waals surface area contributed by atoms with Crippen molar-refractivity contribution in [1.82, 2.24) is 9.80 Å². The van der Waals surface area contributed by atoms with E-state index in [2.05, 4.69) is 0 Å². The van der Waals surface area contributed by atoms with Gasteiger partial charge >= 0.3 is 5.97 Å². The third kappa shape index (κ3) is 1.95. The Morgan fingerprint density at radius 3 is 2.39 bits per heavy atom. The van der Waals surface area contributed by atoms with Crippen molar-refractivity contribution in [3.8, 4) is 0 Å². The summed E-state index contributed by atoms with van der Waals surface area (Å²) >= 11 is 0. The number of carboxylic acids is 1. The molecule has 6 nitrogen and oxygen atoms in total. The standard InChI is InChI=1S/C12H18N2O4/c1-13-6-3-7-14(8-9(13)15)10(16)12(11(17)18)4-2-5-12/h2-8H2,1H3,(H,17,18). The molecule has 18 heavy (non-hydrogen) atoms. The molecule has 1 saturated heterocycles. The molecule has 0 unspecified atom stereocenters. The number of aliphatic carboxylic acids is 1. The molecular formula is C12H18N2O4. The second kappa shape index (κ2) is 4.59. The van der Waals surface area contributed by atoms with Gasteiger partial charge in [0, 0.05) is 20.1 Å². The Bertz CT molecular complexity index is 390. The van der Waals surface area contributed by atoms with Crippen molar-refractivity contribution in [2.45, 2.75) is 25.7 Å². The molecule has 0 spiro atoms. The molecule has 2 aliphatic rings. The molecule has 1 heterocycles. The number of nitrogens with zero attached hydrogens (tertiary/aromatic N) is 2. The number of carbonyl (C=O) groups excluding carboxylic acids is 2. The summed E-state index contributed by atoms with van der Waals surface area (Å²) in [6, 6.07) is 0. The van der Waals surface area contributed by atoms with Crippen molar-refractivity contribution in [2.75, 3.05) is 26.7 Å². The van der Waals surface area contributed by atoms with E-state index < -0.39 is 11.4 Å². The van der Waals surface area contributed by atoms with E-state index in [4.69, 9.17) is 0 Å². The van der Waals surface area contributed by atoms with E-state index in [1.165, 1.54) is 4.90 Å². The van der Waals surface area contributed by atoms with Crippen molar-refractivity contribution in [3.05, 3.63) is 0 Å². The molecule has 0 atom stereocenters. The molecule has 1 aliphatic heterocycles. The maximum atomic E-state index is 12.3. The van der Waals surface area contributed by atoms with E-state index in [1.807, 2.05) is 0 Å². The van der Waals surface area contributed by atoms with Gasteiger partial charge in [0.2, 0.25) is 11.8 Å². The quantitative estimate of drug-likeness (QED) is 0.700. The number of amides is 2. The van der Waals surface area contributed by atoms with Crippen LogP contribution in [0.4, 0.5) is 0 Å². The van der Waals surface area contributed by atoms with Gasteiger partial charge in [-0.1, -0.05) is 6.42 Å². The molecule has 0 aromatic rings. The van der Waals surface area contributed by atoms with Crippen molar-refractivity contribution in [3.63, 3.8) is 0 Å². The molecule has 0 aromatic carbocycles. The molecule has 6 heteroatoms. The zero-order valence-corrected chi connectivity index (χ0v) is 10.5. The van der Waals surface area contributed by atoms with Crippen LogP contribution in [0.25, 0.3) is 0 Å². The summed E-state index contributed by atoms with van der Waals surface area (Å²) in [4.78, 5) is 38.3. The Kier molecular flexibility index (Phi) is 3.28. The Labute approximate surface area is 106 Å². The zero-order chi connectivity index (χ0) is 13.3. The highest BCUT2D eigenvalue weighted by Gasteiger charge is 2.53. The minimum absolute atomic E-state index is 0.00433. The fourth-order valence-corrected chi connectivity index (χ4v) is 2.51. The Hall–Kier alpha value is -1.59. The van der Waals surface area contributed by atoms with Crippen LogP contribution in [-0.4, -0.2) is 59.4 Å². The fourth-order valence-electron chi connectivity index (χ4n) is 2.51. The Balaban J connectivity index is 2.13. The van der Waals surface area contributed by atoms with Gasteiger partial charge in [0.15, 0.2) is 0 Å². The lowest BCUT2D eigenvalue weighted by atomic mass is 9.67. The van der Waals surface area contributed by atoms with Gasteiger partial charge in [-0.05, 0) is 19.3 Å². The maximum Gasteiger partial charge on any atom is 0.319 e. The van der Waals surface area contributed by atoms with Crippen molar-refractivity contribution < 1.29 is 19.5 Å². The van der Waals surface area contributed by atoms with Crippen LogP contribution < -0.4 is 0 Å². The first-order valence-corrected chi connectivity index (χ1v) is 6.24. The monoisotopic (exact) mass is 254 g/mol. The van der Waals surface area contributed by atoms with Gasteiger partial charge in [-0.3, -0.25) is 14.4 Å². The van der Waals surface area contributed by atoms with Gasteiger partial charge < -0.3 is 14.9 Å². The highest BCUT2D eigenvalue weighted by Crippen LogP contribution is 2.42. The van der Waals surface area contributed by atoms with Crippen molar-refractivity contribution in [1.29, 1.82) is 0 Å². The van der Waals surface area contributed by atoms with E-state index >= 15 is 0 Å². The van der Waals surface area contributed by atoms with E-state index in [-0.39, 0.29) is 18.4 Å². The van der Waals surface area contributed by atoms with Gasteiger partial charge in [-0.2, -0.15) is 0 Å². The van der Waals surface area contributed by atoms with Crippen LogP contribution in [0.15, 0.2) is 0 Å². The number of hydrogen-bond acceptors (Lipinski definition) is 3. The maximum absolute atomic E-state index is 12.3. The first-order chi connectivity index (χ1) is 8.47. The molecule has 0 aromatic heterocycles. The van der Waals surface area contributed by atoms with Crippen molar-refractivity contribution >= 4 is 17.8 Å². The van der Waals surface area contributed by atoms with Crippen molar-refractivity contribution in [2.24, 2.45) is 5.41 Å². The van der Waals surface area contributed by atoms with Gasteiger partial charge in [-0.15, -0.1) is 0 Å². The first-order valence-electron chi connectivity index (χ1n) is 6.24. The number of carboxylic acid groups (broad SMARTS) is 1. The molecule has 2 rings (SSSR count). The lowest BCUT2D eigenvalue weighted by molar-refractivity contribution is -0.168. The topological polar surface area (TPSA) is 77.9 Å². The zero-order valence-electron chi connectivity index (χ0n) is 10.5. The molecule has 0 bridgehead atoms. The number of likely N-dealkylation sites (N-methyl/N-ethyl adjacent to an activating group) is 1. The van der Waals surface area contributed by atoms with Crippen LogP contribution in [0.2, 0.25) is 0 Å². The van der Waals surface area contributed by atoms with E-state index in [0.717, 1.165) is 6.42 Å². The van der Waals surface area contributed by atoms with E-state index in [0.29, 0.717) is 32.4 Å². The Morgan fingerprint density at radius 2 is 1.89 bits per heavy atom. The van der Waals surface area contributed by atoms with E-state index in [9.17, 15) is 19.5 Å². The van der Waals surface area contributed by atoms with Gasteiger partial charge in [0.05, 0.1) is 6.54 Å². The largest absolute Gasteiger partial charge is 0.480 e. The number of rotatable bonds is 2. The summed E-state index contributed by atoms with van der Waals surface area (Å²) in [5, 5.41) is 9.23. The van der Waals surface area contributed by atoms with Crippen LogP contribution in [0, 0.1) is 5.41 Å². The second-order valence-electron chi connectivity index (χ2n) is 5.14. The van der Waals surface area contributed by atoms with Gasteiger partial charge in [-0.25, -0.2) is 0 Å². The third-order valence-corrected chi connectivity index (χ3v) is 3.99. The molecular weight excluding hydrogens is 236 g/mol. The third-order valence-electron chi connectivity index (χ3n) is 3.99. The summed E-state index contributed by atoms with van der Waals surface area (Å²) in [7, 11) is 1.70. The number of hydrogen-bond donors (Lipinski definition) is 1. The lowest BCUT2D eigenvalue weighted by Crippen LogP contribution is -2.53. The summed E-state index contributed by atoms with van der Waals surface area (Å²) in [6.07, 6.45) is 2.24. The molecule has 2 amide bonds. The van der Waals surface area contributed by atoms with Crippen LogP contribution in [0.1, 0.15) is 25.7 Å². The smallest absolute Gasteiger partial charge is 0.319 e. The molecule has 100 valence electrons. The summed E-state index contributed by atoms with van der Waals surface area (Å²) in [5.41, 5.74) is -1.26. The van der Waals surface area contributed by atoms with Crippen LogP contribution in [-0.2, 0) is 14.4 Å². The second-order valence-corrected chi connectivity index (χ2v) is 5.14. The normalized spacial score (nSPS) is 23.3. The van der Waals surface area contributed by atoms with Crippen LogP contribution in [0.3, 0.4) is 0 Å². The summed E-state index contributed by atoms with van der Waals surface area (Å²) in [6.45, 7) is 1.08. The van der Waals surface area contributed by atoms with Gasteiger partial charge in [0.1, 0.15) is 5.41 Å². The average molecular weight is 254 g/mol. The summed E-state index contributed by atoms with van der Waals surface area (Å²) in [5.74, 6) is -1.56. The highest BCUT2D eigenvalue weighted by atomic mass is 16.4. The van der Waals surface area contributed by atoms with Crippen LogP contribution >= 0.6 is 0 Å². The minimum atomic E-state index is -1.26. The molecule has 0 radical (unpaired) electrons. The molecule has 1 saturated carbocycles. The number of carbonyl (C=O) groups is 3. The lowest BCUT2D eigenvalue weighted by Gasteiger charge is -2.39. The fraction of sp³-hybridized carbons (Fsp3) is 0.750. The average Bonchev–Trinajstić information content (AvgIpc) is 2.39. The SMILES string of the molecule is CN1CCCN(C(=O)C2(C(=O)O)CCC2)CC1=O. The molecule has 2 fully saturated rings. The predicted molar refractivity (Wildman–Crippen MR) is 62.8 cm³/mol. The van der Waals surface area contributed by atoms with E-state index in [1.54, 1.807) is 11.9 Å². The van der Waals surface area contributed by atoms with Crippen LogP contribution in [0.5, 0.6) is 0 Å². The highest BCUT2D eigenvalue weighted by molar-refractivity contribution is 6.03. The Morgan fingerprint density at radius 1 is 1.22 bits per heavy atom.